The first kappa shape index (κ1) is 17.4. The maximum absolute atomic E-state index is 12.4. The normalized spacial score (nSPS) is 17.3. The zero-order chi connectivity index (χ0) is 16.8. The van der Waals surface area contributed by atoms with E-state index in [0.717, 1.165) is 5.56 Å². The number of thiocarbonyl (C=S) groups is 1. The highest BCUT2D eigenvalue weighted by atomic mass is 32.1. The highest BCUT2D eigenvalue weighted by Crippen LogP contribution is 2.15. The van der Waals surface area contributed by atoms with Crippen molar-refractivity contribution >= 4 is 40.6 Å². The van der Waals surface area contributed by atoms with E-state index in [1.54, 1.807) is 18.3 Å². The average Bonchev–Trinajstić information content (AvgIpc) is 2.97. The number of allylic oxidation sites excluding steroid dienone is 1. The minimum atomic E-state index is -0.513. The monoisotopic (exact) mass is 354 g/mol. The summed E-state index contributed by atoms with van der Waals surface area (Å²) in [6, 6.07) is 1.48. The number of ether oxygens (including phenoxy) is 2. The van der Waals surface area contributed by atoms with Crippen molar-refractivity contribution in [2.24, 2.45) is 0 Å². The molecule has 0 amide bonds. The molecule has 0 bridgehead atoms. The lowest BCUT2D eigenvalue weighted by Crippen LogP contribution is -2.51. The summed E-state index contributed by atoms with van der Waals surface area (Å²) in [4.78, 5) is 23.4. The Morgan fingerprint density at radius 3 is 2.83 bits per heavy atom. The number of esters is 2. The molecule has 1 unspecified atom stereocenters. The van der Waals surface area contributed by atoms with Gasteiger partial charge in [0.05, 0.1) is 18.2 Å². The van der Waals surface area contributed by atoms with Crippen molar-refractivity contribution in [3.8, 4) is 0 Å². The number of thiophene rings is 1. The summed E-state index contributed by atoms with van der Waals surface area (Å²) < 4.78 is 10.3. The summed E-state index contributed by atoms with van der Waals surface area (Å²) in [7, 11) is 0. The summed E-state index contributed by atoms with van der Waals surface area (Å²) in [6.45, 7) is 3.36. The second-order valence-electron chi connectivity index (χ2n) is 5.01. The minimum absolute atomic E-state index is 0.0173. The van der Waals surface area contributed by atoms with E-state index in [9.17, 15) is 9.59 Å². The fourth-order valence-corrected chi connectivity index (χ4v) is 3.16. The molecule has 1 atom stereocenters. The first-order valence-electron chi connectivity index (χ1n) is 7.07. The summed E-state index contributed by atoms with van der Waals surface area (Å²) in [5.41, 5.74) is 2.13. The van der Waals surface area contributed by atoms with E-state index in [-0.39, 0.29) is 13.2 Å². The molecular formula is C15H18N2O4S2. The molecule has 1 aliphatic heterocycles. The van der Waals surface area contributed by atoms with E-state index in [4.69, 9.17) is 21.7 Å². The topological polar surface area (TPSA) is 76.7 Å². The minimum Gasteiger partial charge on any atom is -0.463 e. The molecule has 23 heavy (non-hydrogen) atoms. The summed E-state index contributed by atoms with van der Waals surface area (Å²) in [6.07, 6.45) is 0.662. The van der Waals surface area contributed by atoms with Gasteiger partial charge in [0, 0.05) is 19.0 Å². The Morgan fingerprint density at radius 2 is 2.17 bits per heavy atom. The molecule has 124 valence electrons. The lowest BCUT2D eigenvalue weighted by Gasteiger charge is -2.29. The lowest BCUT2D eigenvalue weighted by atomic mass is 10.0. The molecule has 0 aromatic carbocycles. The maximum Gasteiger partial charge on any atom is 0.338 e. The zero-order valence-corrected chi connectivity index (χ0v) is 14.5. The number of carbonyl (C=O) groups excluding carboxylic acids is 2. The summed E-state index contributed by atoms with van der Waals surface area (Å²) in [5, 5.41) is 10.2. The Bertz CT molecular complexity index is 625. The Balaban J connectivity index is 1.99. The van der Waals surface area contributed by atoms with Gasteiger partial charge in [-0.2, -0.15) is 11.3 Å². The fraction of sp³-hybridized carbons (Fsp3) is 0.400. The Kier molecular flexibility index (Phi) is 6.12. The third kappa shape index (κ3) is 5.04. The Hall–Kier alpha value is -1.93. The van der Waals surface area contributed by atoms with Gasteiger partial charge in [-0.15, -0.1) is 0 Å². The molecule has 0 radical (unpaired) electrons. The number of carbonyl (C=O) groups is 2. The molecule has 0 aliphatic carbocycles. The second kappa shape index (κ2) is 8.07. The molecule has 0 fully saturated rings. The van der Waals surface area contributed by atoms with Crippen LogP contribution in [0.25, 0.3) is 0 Å². The van der Waals surface area contributed by atoms with E-state index in [1.807, 2.05) is 16.8 Å². The van der Waals surface area contributed by atoms with Gasteiger partial charge in [0.25, 0.3) is 0 Å². The van der Waals surface area contributed by atoms with Gasteiger partial charge in [-0.1, -0.05) is 0 Å². The van der Waals surface area contributed by atoms with E-state index in [0.29, 0.717) is 22.8 Å². The zero-order valence-electron chi connectivity index (χ0n) is 12.9. The van der Waals surface area contributed by atoms with Gasteiger partial charge in [0.1, 0.15) is 6.61 Å². The van der Waals surface area contributed by atoms with Crippen LogP contribution < -0.4 is 10.6 Å². The summed E-state index contributed by atoms with van der Waals surface area (Å²) >= 11 is 6.68. The number of hydrogen-bond acceptors (Lipinski definition) is 6. The van der Waals surface area contributed by atoms with Gasteiger partial charge >= 0.3 is 11.9 Å². The van der Waals surface area contributed by atoms with Gasteiger partial charge in [0.2, 0.25) is 0 Å². The predicted octanol–water partition coefficient (Wildman–Crippen LogP) is 1.52. The molecule has 0 spiro atoms. The lowest BCUT2D eigenvalue weighted by molar-refractivity contribution is -0.143. The molecule has 0 saturated heterocycles. The Morgan fingerprint density at radius 1 is 1.39 bits per heavy atom. The summed E-state index contributed by atoms with van der Waals surface area (Å²) in [5.74, 6) is -0.864. The first-order chi connectivity index (χ1) is 11.0. The highest BCUT2D eigenvalue weighted by molar-refractivity contribution is 7.80. The van der Waals surface area contributed by atoms with Gasteiger partial charge in [-0.25, -0.2) is 4.79 Å². The van der Waals surface area contributed by atoms with E-state index in [1.165, 1.54) is 6.92 Å². The van der Waals surface area contributed by atoms with Gasteiger partial charge in [-0.05, 0) is 41.5 Å². The van der Waals surface area contributed by atoms with Gasteiger partial charge in [-0.3, -0.25) is 4.79 Å². The smallest absolute Gasteiger partial charge is 0.338 e. The molecule has 6 nitrogen and oxygen atoms in total. The van der Waals surface area contributed by atoms with E-state index >= 15 is 0 Å². The van der Waals surface area contributed by atoms with Gasteiger partial charge < -0.3 is 20.1 Å². The number of nitrogens with one attached hydrogen (secondary N) is 2. The molecule has 1 aliphatic rings. The molecule has 1 aromatic heterocycles. The van der Waals surface area contributed by atoms with Crippen LogP contribution in [0.5, 0.6) is 0 Å². The standard InChI is InChI=1S/C15H18N2O4S2/c1-9-13(12(7-21-10(2)18)17-15(22)16-9)14(19)20-5-3-11-4-6-23-8-11/h4,6,8,12H,3,5,7H2,1-2H3,(H2,16,17,22). The predicted molar refractivity (Wildman–Crippen MR) is 91.0 cm³/mol. The van der Waals surface area contributed by atoms with Crippen molar-refractivity contribution in [1.82, 2.24) is 10.6 Å². The second-order valence-corrected chi connectivity index (χ2v) is 6.20. The molecule has 0 saturated carbocycles. The number of hydrogen-bond donors (Lipinski definition) is 2. The maximum atomic E-state index is 12.4. The van der Waals surface area contributed by atoms with Crippen LogP contribution >= 0.6 is 23.6 Å². The molecule has 8 heteroatoms. The molecule has 2 N–H and O–H groups in total. The number of rotatable bonds is 6. The van der Waals surface area contributed by atoms with Crippen LogP contribution in [0.4, 0.5) is 0 Å². The quantitative estimate of drug-likeness (QED) is 0.592. The van der Waals surface area contributed by atoms with Crippen molar-refractivity contribution < 1.29 is 19.1 Å². The molecule has 2 rings (SSSR count). The van der Waals surface area contributed by atoms with Crippen molar-refractivity contribution in [3.63, 3.8) is 0 Å². The third-order valence-corrected chi connectivity index (χ3v) is 4.19. The van der Waals surface area contributed by atoms with Crippen molar-refractivity contribution in [3.05, 3.63) is 33.7 Å². The SMILES string of the molecule is CC(=O)OCC1NC(=S)NC(C)=C1C(=O)OCCc1ccsc1. The molecular weight excluding hydrogens is 336 g/mol. The van der Waals surface area contributed by atoms with Crippen molar-refractivity contribution in [2.75, 3.05) is 13.2 Å². The van der Waals surface area contributed by atoms with Crippen LogP contribution in [0.3, 0.4) is 0 Å². The average molecular weight is 354 g/mol. The van der Waals surface area contributed by atoms with Crippen LogP contribution in [-0.2, 0) is 25.5 Å². The molecule has 2 heterocycles. The fourth-order valence-electron chi connectivity index (χ4n) is 2.16. The Labute approximate surface area is 143 Å². The van der Waals surface area contributed by atoms with Crippen LogP contribution in [-0.4, -0.2) is 36.3 Å². The van der Waals surface area contributed by atoms with E-state index < -0.39 is 18.0 Å². The van der Waals surface area contributed by atoms with Crippen LogP contribution in [0.15, 0.2) is 28.1 Å². The van der Waals surface area contributed by atoms with Crippen LogP contribution in [0.1, 0.15) is 19.4 Å². The largest absolute Gasteiger partial charge is 0.463 e. The van der Waals surface area contributed by atoms with Gasteiger partial charge in [0.15, 0.2) is 5.11 Å². The van der Waals surface area contributed by atoms with Crippen molar-refractivity contribution in [2.45, 2.75) is 26.3 Å². The first-order valence-corrected chi connectivity index (χ1v) is 8.42. The van der Waals surface area contributed by atoms with E-state index in [2.05, 4.69) is 10.6 Å². The molecule has 1 aromatic rings. The van der Waals surface area contributed by atoms with Crippen LogP contribution in [0.2, 0.25) is 0 Å². The third-order valence-electron chi connectivity index (χ3n) is 3.24. The van der Waals surface area contributed by atoms with Crippen LogP contribution in [0, 0.1) is 0 Å². The highest BCUT2D eigenvalue weighted by Gasteiger charge is 2.30. The van der Waals surface area contributed by atoms with Crippen molar-refractivity contribution in [1.29, 1.82) is 0 Å².